The maximum atomic E-state index is 12.5. The van der Waals surface area contributed by atoms with Crippen LogP contribution < -0.4 is 0 Å². The van der Waals surface area contributed by atoms with E-state index >= 15 is 0 Å². The Labute approximate surface area is 163 Å². The molecule has 1 aromatic heterocycles. The molecule has 0 saturated carbocycles. The molecule has 2 atom stereocenters. The predicted molar refractivity (Wildman–Crippen MR) is 104 cm³/mol. The second-order valence-electron chi connectivity index (χ2n) is 6.75. The summed E-state index contributed by atoms with van der Waals surface area (Å²) >= 11 is 0. The number of benzene rings is 2. The van der Waals surface area contributed by atoms with Gasteiger partial charge in [0.2, 0.25) is 0 Å². The minimum absolute atomic E-state index is 0.00250. The van der Waals surface area contributed by atoms with Gasteiger partial charge in [-0.1, -0.05) is 36.4 Å². The van der Waals surface area contributed by atoms with Crippen molar-refractivity contribution < 1.29 is 23.5 Å². The number of hydrogen-bond acceptors (Lipinski definition) is 5. The molecule has 0 amide bonds. The molecule has 3 aromatic rings. The van der Waals surface area contributed by atoms with Gasteiger partial charge in [-0.05, 0) is 50.2 Å². The Morgan fingerprint density at radius 2 is 1.46 bits per heavy atom. The molecule has 0 aliphatic rings. The molecule has 28 heavy (non-hydrogen) atoms. The fraction of sp³-hybridized carbons (Fsp3) is 0.217. The van der Waals surface area contributed by atoms with Crippen molar-refractivity contribution in [3.63, 3.8) is 0 Å². The Bertz CT molecular complexity index is 903. The SMILES string of the molecule is CC(OC(=O)c1ccccc1)C(C)(COC(=O)c1ccccc1)c1ccco1. The molecule has 0 radical (unpaired) electrons. The average Bonchev–Trinajstić information content (AvgIpc) is 3.28. The third kappa shape index (κ3) is 4.31. The highest BCUT2D eigenvalue weighted by molar-refractivity contribution is 5.90. The monoisotopic (exact) mass is 378 g/mol. The van der Waals surface area contributed by atoms with Crippen molar-refractivity contribution in [2.24, 2.45) is 0 Å². The molecule has 5 nitrogen and oxygen atoms in total. The van der Waals surface area contributed by atoms with E-state index in [2.05, 4.69) is 0 Å². The summed E-state index contributed by atoms with van der Waals surface area (Å²) < 4.78 is 16.8. The summed E-state index contributed by atoms with van der Waals surface area (Å²) in [6.07, 6.45) is 0.938. The van der Waals surface area contributed by atoms with E-state index in [1.54, 1.807) is 73.9 Å². The van der Waals surface area contributed by atoms with Crippen LogP contribution in [0.25, 0.3) is 0 Å². The summed E-state index contributed by atoms with van der Waals surface area (Å²) in [5.41, 5.74) is 0.0638. The van der Waals surface area contributed by atoms with Gasteiger partial charge in [0.25, 0.3) is 0 Å². The van der Waals surface area contributed by atoms with Crippen molar-refractivity contribution in [2.75, 3.05) is 6.61 Å². The summed E-state index contributed by atoms with van der Waals surface area (Å²) in [6, 6.07) is 21.0. The standard InChI is InChI=1S/C23H22O5/c1-17(28-22(25)19-12-7-4-8-13-19)23(2,20-14-9-15-26-20)16-27-21(24)18-10-5-3-6-11-18/h3-15,17H,16H2,1-2H3. The zero-order valence-corrected chi connectivity index (χ0v) is 15.8. The van der Waals surface area contributed by atoms with Gasteiger partial charge >= 0.3 is 11.9 Å². The van der Waals surface area contributed by atoms with Gasteiger partial charge < -0.3 is 13.9 Å². The van der Waals surface area contributed by atoms with E-state index in [1.165, 1.54) is 0 Å². The first-order valence-corrected chi connectivity index (χ1v) is 9.03. The molecule has 144 valence electrons. The highest BCUT2D eigenvalue weighted by atomic mass is 16.6. The summed E-state index contributed by atoms with van der Waals surface area (Å²) in [5, 5.41) is 0. The van der Waals surface area contributed by atoms with Crippen molar-refractivity contribution in [3.05, 3.63) is 95.9 Å². The highest BCUT2D eigenvalue weighted by Gasteiger charge is 2.40. The lowest BCUT2D eigenvalue weighted by molar-refractivity contribution is -0.0117. The molecule has 1 heterocycles. The van der Waals surface area contributed by atoms with Crippen LogP contribution in [0.1, 0.15) is 40.3 Å². The van der Waals surface area contributed by atoms with E-state index in [0.29, 0.717) is 16.9 Å². The van der Waals surface area contributed by atoms with Crippen molar-refractivity contribution in [1.29, 1.82) is 0 Å². The number of esters is 2. The Balaban J connectivity index is 1.76. The van der Waals surface area contributed by atoms with E-state index in [-0.39, 0.29) is 6.61 Å². The van der Waals surface area contributed by atoms with Crippen molar-refractivity contribution in [3.8, 4) is 0 Å². The summed E-state index contributed by atoms with van der Waals surface area (Å²) in [5.74, 6) is -0.318. The third-order valence-corrected chi connectivity index (χ3v) is 4.79. The zero-order valence-electron chi connectivity index (χ0n) is 15.8. The number of carbonyl (C=O) groups is 2. The number of rotatable bonds is 7. The molecule has 2 unspecified atom stereocenters. The zero-order chi connectivity index (χ0) is 20.0. The van der Waals surface area contributed by atoms with Gasteiger partial charge in [-0.25, -0.2) is 9.59 Å². The minimum Gasteiger partial charge on any atom is -0.468 e. The lowest BCUT2D eigenvalue weighted by atomic mass is 9.83. The molecule has 0 aliphatic heterocycles. The molecule has 2 aromatic carbocycles. The van der Waals surface area contributed by atoms with E-state index in [9.17, 15) is 9.59 Å². The largest absolute Gasteiger partial charge is 0.468 e. The van der Waals surface area contributed by atoms with Crippen LogP contribution in [0, 0.1) is 0 Å². The Kier molecular flexibility index (Phi) is 5.94. The lowest BCUT2D eigenvalue weighted by Crippen LogP contribution is -2.42. The van der Waals surface area contributed by atoms with Crippen molar-refractivity contribution in [1.82, 2.24) is 0 Å². The molecule has 0 bridgehead atoms. The number of furan rings is 1. The van der Waals surface area contributed by atoms with E-state index in [4.69, 9.17) is 13.9 Å². The highest BCUT2D eigenvalue weighted by Crippen LogP contribution is 2.31. The van der Waals surface area contributed by atoms with Crippen LogP contribution in [0.2, 0.25) is 0 Å². The van der Waals surface area contributed by atoms with Gasteiger partial charge in [0.15, 0.2) is 0 Å². The first-order valence-electron chi connectivity index (χ1n) is 9.03. The summed E-state index contributed by atoms with van der Waals surface area (Å²) in [4.78, 5) is 24.8. The first-order chi connectivity index (χ1) is 13.5. The Morgan fingerprint density at radius 3 is 2.00 bits per heavy atom. The lowest BCUT2D eigenvalue weighted by Gasteiger charge is -2.32. The van der Waals surface area contributed by atoms with Gasteiger partial charge in [0, 0.05) is 0 Å². The van der Waals surface area contributed by atoms with Gasteiger partial charge in [-0.15, -0.1) is 0 Å². The molecule has 0 saturated heterocycles. The van der Waals surface area contributed by atoms with Crippen molar-refractivity contribution >= 4 is 11.9 Å². The Morgan fingerprint density at radius 1 is 0.893 bits per heavy atom. The normalized spacial score (nSPS) is 13.9. The van der Waals surface area contributed by atoms with Crippen LogP contribution in [0.5, 0.6) is 0 Å². The smallest absolute Gasteiger partial charge is 0.338 e. The topological polar surface area (TPSA) is 65.7 Å². The van der Waals surface area contributed by atoms with E-state index in [1.807, 2.05) is 19.1 Å². The van der Waals surface area contributed by atoms with E-state index < -0.39 is 23.5 Å². The van der Waals surface area contributed by atoms with Crippen LogP contribution >= 0.6 is 0 Å². The van der Waals surface area contributed by atoms with E-state index in [0.717, 1.165) is 0 Å². The van der Waals surface area contributed by atoms with Crippen LogP contribution in [0.15, 0.2) is 83.5 Å². The van der Waals surface area contributed by atoms with Crippen LogP contribution in [0.3, 0.4) is 0 Å². The van der Waals surface area contributed by atoms with Crippen LogP contribution in [-0.2, 0) is 14.9 Å². The number of carbonyl (C=O) groups excluding carboxylic acids is 2. The molecule has 0 fully saturated rings. The average molecular weight is 378 g/mol. The number of ether oxygens (including phenoxy) is 2. The van der Waals surface area contributed by atoms with Gasteiger partial charge in [0.1, 0.15) is 18.5 Å². The molecule has 0 spiro atoms. The molecule has 0 N–H and O–H groups in total. The fourth-order valence-corrected chi connectivity index (χ4v) is 2.80. The van der Waals surface area contributed by atoms with Crippen molar-refractivity contribution in [2.45, 2.75) is 25.4 Å². The molecule has 0 aliphatic carbocycles. The van der Waals surface area contributed by atoms with Gasteiger partial charge in [-0.3, -0.25) is 0 Å². The van der Waals surface area contributed by atoms with Crippen LogP contribution in [-0.4, -0.2) is 24.6 Å². The maximum absolute atomic E-state index is 12.5. The maximum Gasteiger partial charge on any atom is 0.338 e. The molecule has 3 rings (SSSR count). The molecular formula is C23H22O5. The quantitative estimate of drug-likeness (QED) is 0.560. The second kappa shape index (κ2) is 8.57. The Hall–Kier alpha value is -3.34. The predicted octanol–water partition coefficient (Wildman–Crippen LogP) is 4.64. The van der Waals surface area contributed by atoms with Gasteiger partial charge in [0.05, 0.1) is 22.8 Å². The molecule has 5 heteroatoms. The fourth-order valence-electron chi connectivity index (χ4n) is 2.80. The second-order valence-corrected chi connectivity index (χ2v) is 6.75. The third-order valence-electron chi connectivity index (χ3n) is 4.79. The summed E-state index contributed by atoms with van der Waals surface area (Å²) in [7, 11) is 0. The number of hydrogen-bond donors (Lipinski definition) is 0. The minimum atomic E-state index is -0.849. The first kappa shape index (κ1) is 19.4. The van der Waals surface area contributed by atoms with Gasteiger partial charge in [-0.2, -0.15) is 0 Å². The molecular weight excluding hydrogens is 356 g/mol. The summed E-state index contributed by atoms with van der Waals surface area (Å²) in [6.45, 7) is 3.60. The van der Waals surface area contributed by atoms with Crippen LogP contribution in [0.4, 0.5) is 0 Å².